The van der Waals surface area contributed by atoms with Gasteiger partial charge in [0, 0.05) is 11.3 Å². The number of aromatic nitrogens is 1. The maximum Gasteiger partial charge on any atom is 0.133 e. The van der Waals surface area contributed by atoms with Crippen LogP contribution >= 0.6 is 0 Å². The van der Waals surface area contributed by atoms with Crippen molar-refractivity contribution in [3.8, 4) is 5.75 Å². The lowest BCUT2D eigenvalue weighted by atomic mass is 10.1. The molecule has 0 aliphatic carbocycles. The molecule has 3 N–H and O–H groups in total. The highest BCUT2D eigenvalue weighted by Crippen LogP contribution is 2.22. The molecule has 1 heterocycles. The Morgan fingerprint density at radius 2 is 2.00 bits per heavy atom. The molecule has 0 aliphatic heterocycles. The van der Waals surface area contributed by atoms with Crippen molar-refractivity contribution in [1.82, 2.24) is 4.98 Å². The fraction of sp³-hybridized carbons (Fsp3) is 0.214. The first-order chi connectivity index (χ1) is 8.66. The highest BCUT2D eigenvalue weighted by molar-refractivity contribution is 5.52. The number of hydrogen-bond donors (Lipinski definition) is 3. The molecule has 0 fully saturated rings. The van der Waals surface area contributed by atoms with E-state index in [4.69, 9.17) is 5.11 Å². The molecule has 4 heteroatoms. The maximum absolute atomic E-state index is 9.65. The van der Waals surface area contributed by atoms with Gasteiger partial charge >= 0.3 is 0 Å². The Morgan fingerprint density at radius 1 is 1.22 bits per heavy atom. The average Bonchev–Trinajstić information content (AvgIpc) is 2.38. The van der Waals surface area contributed by atoms with Crippen LogP contribution in [0.3, 0.4) is 0 Å². The van der Waals surface area contributed by atoms with E-state index in [0.29, 0.717) is 6.54 Å². The first-order valence-corrected chi connectivity index (χ1v) is 5.81. The molecule has 1 aromatic heterocycles. The van der Waals surface area contributed by atoms with Crippen LogP contribution in [0.1, 0.15) is 24.3 Å². The van der Waals surface area contributed by atoms with Crippen molar-refractivity contribution < 1.29 is 10.2 Å². The number of para-hydroxylation sites is 1. The highest BCUT2D eigenvalue weighted by Gasteiger charge is 2.06. The Balaban J connectivity index is 2.08. The fourth-order valence-electron chi connectivity index (χ4n) is 1.73. The van der Waals surface area contributed by atoms with Gasteiger partial charge < -0.3 is 15.5 Å². The molecule has 1 aromatic carbocycles. The maximum atomic E-state index is 9.65. The molecule has 94 valence electrons. The van der Waals surface area contributed by atoms with Gasteiger partial charge in [0.15, 0.2) is 0 Å². The SMILES string of the molecule is CC(O)c1ccccc1NCc1ccc(O)cn1. The molecule has 0 spiro atoms. The predicted molar refractivity (Wildman–Crippen MR) is 70.3 cm³/mol. The minimum absolute atomic E-state index is 0.156. The zero-order chi connectivity index (χ0) is 13.0. The van der Waals surface area contributed by atoms with E-state index in [0.717, 1.165) is 16.9 Å². The second-order valence-corrected chi connectivity index (χ2v) is 4.12. The largest absolute Gasteiger partial charge is 0.506 e. The summed E-state index contributed by atoms with van der Waals surface area (Å²) in [6.07, 6.45) is 0.902. The Hall–Kier alpha value is -2.07. The van der Waals surface area contributed by atoms with Gasteiger partial charge in [-0.05, 0) is 25.1 Å². The van der Waals surface area contributed by atoms with E-state index in [1.165, 1.54) is 6.20 Å². The minimum atomic E-state index is -0.513. The number of aliphatic hydroxyl groups excluding tert-OH is 1. The van der Waals surface area contributed by atoms with Crippen LogP contribution in [0.25, 0.3) is 0 Å². The number of pyridine rings is 1. The lowest BCUT2D eigenvalue weighted by Gasteiger charge is -2.13. The van der Waals surface area contributed by atoms with Crippen LogP contribution < -0.4 is 5.32 Å². The van der Waals surface area contributed by atoms with E-state index in [1.54, 1.807) is 19.1 Å². The first-order valence-electron chi connectivity index (χ1n) is 5.81. The second kappa shape index (κ2) is 5.51. The normalized spacial score (nSPS) is 12.1. The van der Waals surface area contributed by atoms with Gasteiger partial charge in [0.2, 0.25) is 0 Å². The first kappa shape index (κ1) is 12.4. The van der Waals surface area contributed by atoms with Crippen LogP contribution in [0, 0.1) is 0 Å². The third kappa shape index (κ3) is 2.99. The summed E-state index contributed by atoms with van der Waals surface area (Å²) in [5, 5.41) is 22.0. The molecule has 4 nitrogen and oxygen atoms in total. The smallest absolute Gasteiger partial charge is 0.133 e. The Kier molecular flexibility index (Phi) is 3.79. The molecule has 2 aromatic rings. The molecule has 0 amide bonds. The van der Waals surface area contributed by atoms with Crippen molar-refractivity contribution in [2.45, 2.75) is 19.6 Å². The number of hydrogen-bond acceptors (Lipinski definition) is 4. The van der Waals surface area contributed by atoms with Crippen LogP contribution in [0.4, 0.5) is 5.69 Å². The van der Waals surface area contributed by atoms with E-state index < -0.39 is 6.10 Å². The number of aromatic hydroxyl groups is 1. The zero-order valence-electron chi connectivity index (χ0n) is 10.2. The summed E-state index contributed by atoms with van der Waals surface area (Å²) >= 11 is 0. The van der Waals surface area contributed by atoms with E-state index in [-0.39, 0.29) is 5.75 Å². The molecule has 0 radical (unpaired) electrons. The third-order valence-electron chi connectivity index (χ3n) is 2.68. The number of rotatable bonds is 4. The average molecular weight is 244 g/mol. The van der Waals surface area contributed by atoms with Crippen LogP contribution in [0.15, 0.2) is 42.6 Å². The van der Waals surface area contributed by atoms with Crippen LogP contribution in [0.2, 0.25) is 0 Å². The Morgan fingerprint density at radius 3 is 2.67 bits per heavy atom. The van der Waals surface area contributed by atoms with Crippen LogP contribution in [-0.4, -0.2) is 15.2 Å². The van der Waals surface area contributed by atoms with Gasteiger partial charge in [-0.2, -0.15) is 0 Å². The number of aliphatic hydroxyl groups is 1. The van der Waals surface area contributed by atoms with Gasteiger partial charge in [-0.1, -0.05) is 18.2 Å². The number of nitrogens with one attached hydrogen (secondary N) is 1. The number of benzene rings is 1. The molecule has 1 atom stereocenters. The number of nitrogens with zero attached hydrogens (tertiary/aromatic N) is 1. The van der Waals surface area contributed by atoms with E-state index in [1.807, 2.05) is 24.3 Å². The van der Waals surface area contributed by atoms with Crippen LogP contribution in [-0.2, 0) is 6.54 Å². The van der Waals surface area contributed by atoms with E-state index in [2.05, 4.69) is 10.3 Å². The van der Waals surface area contributed by atoms with Gasteiger partial charge in [0.1, 0.15) is 5.75 Å². The van der Waals surface area contributed by atoms with Crippen molar-refractivity contribution >= 4 is 5.69 Å². The highest BCUT2D eigenvalue weighted by atomic mass is 16.3. The summed E-state index contributed by atoms with van der Waals surface area (Å²) in [6.45, 7) is 2.28. The third-order valence-corrected chi connectivity index (χ3v) is 2.68. The van der Waals surface area contributed by atoms with E-state index >= 15 is 0 Å². The van der Waals surface area contributed by atoms with Gasteiger partial charge in [-0.3, -0.25) is 4.98 Å². The molecule has 0 bridgehead atoms. The van der Waals surface area contributed by atoms with E-state index in [9.17, 15) is 5.11 Å². The molecule has 0 saturated heterocycles. The van der Waals surface area contributed by atoms with Crippen molar-refractivity contribution in [2.75, 3.05) is 5.32 Å². The summed E-state index contributed by atoms with van der Waals surface area (Å²) in [7, 11) is 0. The topological polar surface area (TPSA) is 65.4 Å². The predicted octanol–water partition coefficient (Wildman–Crippen LogP) is 2.45. The molecular weight excluding hydrogens is 228 g/mol. The Bertz CT molecular complexity index is 509. The quantitative estimate of drug-likeness (QED) is 0.773. The summed E-state index contributed by atoms with van der Waals surface area (Å²) in [5.41, 5.74) is 2.58. The standard InChI is InChI=1S/C14H16N2O2/c1-10(17)13-4-2-3-5-14(13)16-8-11-6-7-12(18)9-15-11/h2-7,9-10,16-18H,8H2,1H3. The molecule has 0 aliphatic rings. The summed E-state index contributed by atoms with van der Waals surface area (Å²) < 4.78 is 0. The molecular formula is C14H16N2O2. The van der Waals surface area contributed by atoms with Gasteiger partial charge in [-0.15, -0.1) is 0 Å². The molecule has 18 heavy (non-hydrogen) atoms. The lowest BCUT2D eigenvalue weighted by Crippen LogP contribution is -2.05. The van der Waals surface area contributed by atoms with Gasteiger partial charge in [0.05, 0.1) is 24.5 Å². The monoisotopic (exact) mass is 244 g/mol. The summed E-state index contributed by atoms with van der Waals surface area (Å²) in [5.74, 6) is 0.156. The molecule has 0 saturated carbocycles. The lowest BCUT2D eigenvalue weighted by molar-refractivity contribution is 0.200. The van der Waals surface area contributed by atoms with Crippen LogP contribution in [0.5, 0.6) is 5.75 Å². The van der Waals surface area contributed by atoms with Gasteiger partial charge in [-0.25, -0.2) is 0 Å². The molecule has 2 rings (SSSR count). The Labute approximate surface area is 106 Å². The van der Waals surface area contributed by atoms with Crippen molar-refractivity contribution in [1.29, 1.82) is 0 Å². The minimum Gasteiger partial charge on any atom is -0.506 e. The van der Waals surface area contributed by atoms with Gasteiger partial charge in [0.25, 0.3) is 0 Å². The van der Waals surface area contributed by atoms with Crippen molar-refractivity contribution in [3.05, 3.63) is 53.9 Å². The van der Waals surface area contributed by atoms with Crippen molar-refractivity contribution in [2.24, 2.45) is 0 Å². The van der Waals surface area contributed by atoms with Crippen molar-refractivity contribution in [3.63, 3.8) is 0 Å². The zero-order valence-corrected chi connectivity index (χ0v) is 10.2. The number of anilines is 1. The molecule has 1 unspecified atom stereocenters. The summed E-state index contributed by atoms with van der Waals surface area (Å²) in [6, 6.07) is 11.0. The summed E-state index contributed by atoms with van der Waals surface area (Å²) in [4.78, 5) is 4.09. The second-order valence-electron chi connectivity index (χ2n) is 4.12. The fourth-order valence-corrected chi connectivity index (χ4v) is 1.73.